The largest absolute Gasteiger partial charge is 0.353 e. The van der Waals surface area contributed by atoms with Crippen LogP contribution in [0.1, 0.15) is 19.8 Å². The fourth-order valence-corrected chi connectivity index (χ4v) is 3.77. The number of hydrogen-bond donors (Lipinski definition) is 0. The molecule has 124 valence electrons. The number of carbonyl (C=O) groups excluding carboxylic acids is 1. The van der Waals surface area contributed by atoms with Gasteiger partial charge < -0.3 is 14.6 Å². The quantitative estimate of drug-likeness (QED) is 0.500. The minimum atomic E-state index is 0.487. The van der Waals surface area contributed by atoms with Crippen LogP contribution in [0.5, 0.6) is 0 Å². The maximum Gasteiger partial charge on any atom is 0.137 e. The molecule has 2 fully saturated rings. The van der Waals surface area contributed by atoms with Crippen LogP contribution < -0.4 is 0 Å². The van der Waals surface area contributed by atoms with E-state index in [0.717, 1.165) is 43.2 Å². The summed E-state index contributed by atoms with van der Waals surface area (Å²) in [5.74, 6) is 1.44. The van der Waals surface area contributed by atoms with E-state index in [-0.39, 0.29) is 0 Å². The predicted molar refractivity (Wildman–Crippen MR) is 94.5 cm³/mol. The van der Waals surface area contributed by atoms with E-state index < -0.39 is 0 Å². The van der Waals surface area contributed by atoms with Crippen LogP contribution in [0.4, 0.5) is 0 Å². The van der Waals surface area contributed by atoms with Gasteiger partial charge in [0, 0.05) is 44.2 Å². The van der Waals surface area contributed by atoms with E-state index in [1.54, 1.807) is 11.8 Å². The number of carbonyl (C=O) groups is 1. The summed E-state index contributed by atoms with van der Waals surface area (Å²) in [5, 5.41) is 0. The van der Waals surface area contributed by atoms with E-state index in [4.69, 9.17) is 0 Å². The summed E-state index contributed by atoms with van der Waals surface area (Å²) in [6.07, 6.45) is 3.67. The average molecular weight is 324 g/mol. The molecule has 2 aliphatic heterocycles. The molecule has 0 amide bonds. The third-order valence-corrected chi connectivity index (χ3v) is 5.35. The zero-order valence-electron chi connectivity index (χ0n) is 13.7. The summed E-state index contributed by atoms with van der Waals surface area (Å²) in [5.41, 5.74) is 0. The number of hydrogen-bond acceptors (Lipinski definition) is 6. The molecule has 0 saturated carbocycles. The SMILES string of the molecule is C=NC(=C(C)SCC=O)N1CCN(CCN2CCCC2)CC1. The van der Waals surface area contributed by atoms with E-state index in [9.17, 15) is 4.79 Å². The number of nitrogens with zero attached hydrogens (tertiary/aromatic N) is 4. The summed E-state index contributed by atoms with van der Waals surface area (Å²) >= 11 is 1.55. The van der Waals surface area contributed by atoms with Gasteiger partial charge in [0.15, 0.2) is 0 Å². The second kappa shape index (κ2) is 9.33. The molecule has 2 saturated heterocycles. The smallest absolute Gasteiger partial charge is 0.137 e. The van der Waals surface area contributed by atoms with E-state index in [2.05, 4.69) is 26.4 Å². The van der Waals surface area contributed by atoms with E-state index in [1.165, 1.54) is 39.0 Å². The molecule has 0 radical (unpaired) electrons. The topological polar surface area (TPSA) is 39.2 Å². The maximum atomic E-state index is 10.5. The minimum Gasteiger partial charge on any atom is -0.353 e. The first kappa shape index (κ1) is 17.5. The van der Waals surface area contributed by atoms with Crippen molar-refractivity contribution in [1.29, 1.82) is 0 Å². The number of thioether (sulfide) groups is 1. The van der Waals surface area contributed by atoms with Gasteiger partial charge in [0.2, 0.25) is 0 Å². The predicted octanol–water partition coefficient (Wildman–Crippen LogP) is 1.52. The Bertz CT molecular complexity index is 399. The number of piperazine rings is 1. The Kier molecular flexibility index (Phi) is 7.42. The first-order chi connectivity index (χ1) is 10.7. The molecule has 0 unspecified atom stereocenters. The Morgan fingerprint density at radius 2 is 1.68 bits per heavy atom. The molecule has 0 aliphatic carbocycles. The summed E-state index contributed by atoms with van der Waals surface area (Å²) in [4.78, 5) is 23.2. The van der Waals surface area contributed by atoms with Crippen molar-refractivity contribution < 1.29 is 4.79 Å². The molecule has 0 atom stereocenters. The summed E-state index contributed by atoms with van der Waals surface area (Å²) in [6.45, 7) is 14.8. The molecular weight excluding hydrogens is 296 g/mol. The molecule has 5 nitrogen and oxygen atoms in total. The van der Waals surface area contributed by atoms with Crippen LogP contribution in [0.2, 0.25) is 0 Å². The van der Waals surface area contributed by atoms with Crippen LogP contribution in [-0.4, -0.2) is 85.8 Å². The monoisotopic (exact) mass is 324 g/mol. The van der Waals surface area contributed by atoms with Crippen LogP contribution >= 0.6 is 11.8 Å². The highest BCUT2D eigenvalue weighted by atomic mass is 32.2. The molecular formula is C16H28N4OS. The highest BCUT2D eigenvalue weighted by Crippen LogP contribution is 2.23. The van der Waals surface area contributed by atoms with E-state index >= 15 is 0 Å². The molecule has 0 bridgehead atoms. The van der Waals surface area contributed by atoms with Crippen LogP contribution in [0.3, 0.4) is 0 Å². The number of aldehydes is 1. The molecule has 0 N–H and O–H groups in total. The first-order valence-electron chi connectivity index (χ1n) is 8.18. The normalized spacial score (nSPS) is 21.8. The van der Waals surface area contributed by atoms with Gasteiger partial charge >= 0.3 is 0 Å². The van der Waals surface area contributed by atoms with Crippen LogP contribution in [0.15, 0.2) is 15.7 Å². The first-order valence-corrected chi connectivity index (χ1v) is 9.17. The Hall–Kier alpha value is -0.850. The Morgan fingerprint density at radius 1 is 1.09 bits per heavy atom. The van der Waals surface area contributed by atoms with Crippen molar-refractivity contribution in [3.05, 3.63) is 10.7 Å². The molecule has 6 heteroatoms. The van der Waals surface area contributed by atoms with Gasteiger partial charge in [-0.3, -0.25) is 4.90 Å². The van der Waals surface area contributed by atoms with Crippen molar-refractivity contribution in [3.63, 3.8) is 0 Å². The number of likely N-dealkylation sites (tertiary alicyclic amines) is 1. The summed E-state index contributed by atoms with van der Waals surface area (Å²) in [7, 11) is 0. The zero-order valence-corrected chi connectivity index (χ0v) is 14.5. The van der Waals surface area contributed by atoms with Gasteiger partial charge in [-0.25, -0.2) is 4.99 Å². The van der Waals surface area contributed by atoms with Gasteiger partial charge in [-0.05, 0) is 39.6 Å². The van der Waals surface area contributed by atoms with E-state index in [0.29, 0.717) is 5.75 Å². The third kappa shape index (κ3) is 5.11. The van der Waals surface area contributed by atoms with Crippen molar-refractivity contribution in [2.24, 2.45) is 4.99 Å². The van der Waals surface area contributed by atoms with Crippen molar-refractivity contribution in [2.45, 2.75) is 19.8 Å². The van der Waals surface area contributed by atoms with Crippen LogP contribution in [-0.2, 0) is 4.79 Å². The Morgan fingerprint density at radius 3 is 2.23 bits per heavy atom. The standard InChI is InChI=1S/C16H28N4OS/c1-15(22-14-13-21)16(17-2)20-11-9-19(10-12-20)8-7-18-5-3-4-6-18/h13H,2-12,14H2,1H3. The second-order valence-electron chi connectivity index (χ2n) is 5.89. The highest BCUT2D eigenvalue weighted by Gasteiger charge is 2.20. The fourth-order valence-electron chi connectivity index (χ4n) is 3.13. The van der Waals surface area contributed by atoms with Gasteiger partial charge in [-0.2, -0.15) is 0 Å². The second-order valence-corrected chi connectivity index (χ2v) is 7.13. The summed E-state index contributed by atoms with van der Waals surface area (Å²) < 4.78 is 0. The minimum absolute atomic E-state index is 0.487. The molecule has 2 heterocycles. The summed E-state index contributed by atoms with van der Waals surface area (Å²) in [6, 6.07) is 0. The van der Waals surface area contributed by atoms with Gasteiger partial charge in [-0.15, -0.1) is 11.8 Å². The van der Waals surface area contributed by atoms with Crippen LogP contribution in [0.25, 0.3) is 0 Å². The Labute approximate surface area is 138 Å². The molecule has 0 aromatic rings. The molecule has 2 aliphatic rings. The van der Waals surface area contributed by atoms with Gasteiger partial charge in [-0.1, -0.05) is 0 Å². The lowest BCUT2D eigenvalue weighted by atomic mass is 10.3. The van der Waals surface area contributed by atoms with Crippen molar-refractivity contribution in [1.82, 2.24) is 14.7 Å². The van der Waals surface area contributed by atoms with Crippen molar-refractivity contribution in [2.75, 3.05) is 58.1 Å². The highest BCUT2D eigenvalue weighted by molar-refractivity contribution is 8.03. The van der Waals surface area contributed by atoms with Gasteiger partial charge in [0.1, 0.15) is 12.1 Å². The Balaban J connectivity index is 1.77. The van der Waals surface area contributed by atoms with Crippen LogP contribution in [0, 0.1) is 0 Å². The molecule has 0 spiro atoms. The van der Waals surface area contributed by atoms with Crippen molar-refractivity contribution >= 4 is 24.8 Å². The fraction of sp³-hybridized carbons (Fsp3) is 0.750. The zero-order chi connectivity index (χ0) is 15.8. The lowest BCUT2D eigenvalue weighted by molar-refractivity contribution is -0.105. The molecule has 0 aromatic carbocycles. The molecule has 2 rings (SSSR count). The number of rotatable bonds is 8. The average Bonchev–Trinajstić information content (AvgIpc) is 3.06. The maximum absolute atomic E-state index is 10.5. The van der Waals surface area contributed by atoms with Gasteiger partial charge in [0.25, 0.3) is 0 Å². The molecule has 22 heavy (non-hydrogen) atoms. The lowest BCUT2D eigenvalue weighted by Gasteiger charge is -2.37. The van der Waals surface area contributed by atoms with E-state index in [1.807, 2.05) is 6.92 Å². The lowest BCUT2D eigenvalue weighted by Crippen LogP contribution is -2.47. The van der Waals surface area contributed by atoms with Gasteiger partial charge in [0.05, 0.1) is 5.75 Å². The molecule has 0 aromatic heterocycles. The number of allylic oxidation sites excluding steroid dienone is 1. The van der Waals surface area contributed by atoms with Crippen molar-refractivity contribution in [3.8, 4) is 0 Å². The third-order valence-electron chi connectivity index (χ3n) is 4.44. The number of aliphatic imine (C=N–C) groups is 1.